The molecule has 0 spiro atoms. The van der Waals surface area contributed by atoms with Crippen molar-refractivity contribution in [1.82, 2.24) is 9.78 Å². The summed E-state index contributed by atoms with van der Waals surface area (Å²) in [5, 5.41) is 4.96. The van der Waals surface area contributed by atoms with Gasteiger partial charge in [-0.25, -0.2) is 9.48 Å². The van der Waals surface area contributed by atoms with Crippen LogP contribution in [0.5, 0.6) is 0 Å². The molecule has 0 fully saturated rings. The van der Waals surface area contributed by atoms with Gasteiger partial charge in [0.05, 0.1) is 12.8 Å². The predicted molar refractivity (Wildman–Crippen MR) is 78.7 cm³/mol. The quantitative estimate of drug-likeness (QED) is 0.876. The van der Waals surface area contributed by atoms with Gasteiger partial charge in [0.1, 0.15) is 11.4 Å². The van der Waals surface area contributed by atoms with Crippen molar-refractivity contribution >= 4 is 29.2 Å². The first-order valence-electron chi connectivity index (χ1n) is 5.85. The second kappa shape index (κ2) is 5.42. The maximum absolute atomic E-state index is 11.9. The van der Waals surface area contributed by atoms with Crippen molar-refractivity contribution in [3.63, 3.8) is 0 Å². The fourth-order valence-electron chi connectivity index (χ4n) is 1.81. The lowest BCUT2D eigenvalue weighted by Gasteiger charge is -2.09. The number of nitrogens with zero attached hydrogens (tertiary/aromatic N) is 3. The van der Waals surface area contributed by atoms with Gasteiger partial charge in [0.2, 0.25) is 0 Å². The van der Waals surface area contributed by atoms with Crippen LogP contribution in [0.3, 0.4) is 0 Å². The number of aromatic nitrogens is 2. The number of hydrogen-bond donors (Lipinski definition) is 1. The molecule has 0 atom stereocenters. The second-order valence-corrected chi connectivity index (χ2v) is 4.79. The van der Waals surface area contributed by atoms with E-state index in [9.17, 15) is 4.79 Å². The molecule has 2 N–H and O–H groups in total. The highest BCUT2D eigenvalue weighted by Gasteiger charge is 2.24. The Bertz CT molecular complexity index is 635. The third kappa shape index (κ3) is 2.42. The molecule has 0 saturated heterocycles. The van der Waals surface area contributed by atoms with Gasteiger partial charge in [-0.1, -0.05) is 11.6 Å². The van der Waals surface area contributed by atoms with Crippen molar-refractivity contribution in [2.45, 2.75) is 0 Å². The van der Waals surface area contributed by atoms with Crippen LogP contribution in [0.4, 0.5) is 11.6 Å². The molecule has 2 aromatic rings. The Kier molecular flexibility index (Phi) is 3.85. The number of anilines is 2. The molecule has 0 bridgehead atoms. The van der Waals surface area contributed by atoms with E-state index < -0.39 is 5.97 Å². The number of nitrogen functional groups attached to an aromatic ring is 1. The molecule has 0 aliphatic rings. The first kappa shape index (κ1) is 14.2. The summed E-state index contributed by atoms with van der Waals surface area (Å²) in [5.41, 5.74) is 6.98. The molecule has 6 nitrogen and oxygen atoms in total. The molecule has 0 aliphatic heterocycles. The lowest BCUT2D eigenvalue weighted by molar-refractivity contribution is 0.0602. The van der Waals surface area contributed by atoms with Gasteiger partial charge in [-0.2, -0.15) is 0 Å². The van der Waals surface area contributed by atoms with Gasteiger partial charge < -0.3 is 15.4 Å². The molecule has 0 saturated carbocycles. The number of halogens is 1. The number of hydrogen-bond acceptors (Lipinski definition) is 5. The van der Waals surface area contributed by atoms with Gasteiger partial charge in [-0.3, -0.25) is 0 Å². The highest BCUT2D eigenvalue weighted by atomic mass is 35.5. The fourth-order valence-corrected chi connectivity index (χ4v) is 1.94. The van der Waals surface area contributed by atoms with Crippen molar-refractivity contribution < 1.29 is 9.53 Å². The Morgan fingerprint density at radius 3 is 2.45 bits per heavy atom. The van der Waals surface area contributed by atoms with Crippen molar-refractivity contribution in [3.8, 4) is 5.69 Å². The van der Waals surface area contributed by atoms with Crippen LogP contribution in [0.1, 0.15) is 10.4 Å². The van der Waals surface area contributed by atoms with Crippen LogP contribution in [0, 0.1) is 0 Å². The minimum atomic E-state index is -0.522. The van der Waals surface area contributed by atoms with Gasteiger partial charge in [0.15, 0.2) is 5.82 Å². The first-order valence-corrected chi connectivity index (χ1v) is 6.23. The topological polar surface area (TPSA) is 73.4 Å². The number of esters is 1. The monoisotopic (exact) mass is 294 g/mol. The summed E-state index contributed by atoms with van der Waals surface area (Å²) in [6, 6.07) is 6.99. The number of rotatable bonds is 3. The van der Waals surface area contributed by atoms with Crippen LogP contribution in [0.2, 0.25) is 5.02 Å². The van der Waals surface area contributed by atoms with Gasteiger partial charge in [0, 0.05) is 19.1 Å². The zero-order chi connectivity index (χ0) is 14.9. The summed E-state index contributed by atoms with van der Waals surface area (Å²) in [4.78, 5) is 13.6. The van der Waals surface area contributed by atoms with E-state index in [-0.39, 0.29) is 11.4 Å². The summed E-state index contributed by atoms with van der Waals surface area (Å²) >= 11 is 5.86. The first-order chi connectivity index (χ1) is 9.45. The molecule has 0 unspecified atom stereocenters. The van der Waals surface area contributed by atoms with Crippen LogP contribution in [0.15, 0.2) is 24.3 Å². The van der Waals surface area contributed by atoms with Crippen LogP contribution < -0.4 is 10.6 Å². The largest absolute Gasteiger partial charge is 0.465 e. The van der Waals surface area contributed by atoms with E-state index in [1.165, 1.54) is 11.8 Å². The zero-order valence-electron chi connectivity index (χ0n) is 11.4. The third-order valence-electron chi connectivity index (χ3n) is 2.79. The zero-order valence-corrected chi connectivity index (χ0v) is 12.2. The smallest absolute Gasteiger partial charge is 0.345 e. The van der Waals surface area contributed by atoms with E-state index in [0.717, 1.165) is 0 Å². The molecule has 1 heterocycles. The summed E-state index contributed by atoms with van der Waals surface area (Å²) < 4.78 is 6.24. The highest BCUT2D eigenvalue weighted by molar-refractivity contribution is 6.30. The average Bonchev–Trinajstić information content (AvgIpc) is 2.77. The number of methoxy groups -OCH3 is 1. The maximum atomic E-state index is 11.9. The Morgan fingerprint density at radius 1 is 1.35 bits per heavy atom. The molecule has 0 amide bonds. The number of carbonyl (C=O) groups is 1. The van der Waals surface area contributed by atoms with Crippen LogP contribution in [0.25, 0.3) is 5.69 Å². The predicted octanol–water partition coefficient (Wildman–Crippen LogP) is 1.96. The molecule has 106 valence electrons. The normalized spacial score (nSPS) is 10.4. The van der Waals surface area contributed by atoms with Gasteiger partial charge in [0.25, 0.3) is 0 Å². The molecule has 7 heteroatoms. The molecule has 1 aromatic carbocycles. The van der Waals surface area contributed by atoms with E-state index in [1.54, 1.807) is 43.3 Å². The minimum Gasteiger partial charge on any atom is -0.465 e. The molecule has 0 aliphatic carbocycles. The summed E-state index contributed by atoms with van der Waals surface area (Å²) in [7, 11) is 4.86. The van der Waals surface area contributed by atoms with Crippen molar-refractivity contribution in [2.75, 3.05) is 31.8 Å². The Hall–Kier alpha value is -2.21. The minimum absolute atomic E-state index is 0.225. The number of ether oxygens (including phenoxy) is 1. The molecule has 0 radical (unpaired) electrons. The summed E-state index contributed by atoms with van der Waals surface area (Å²) in [6.45, 7) is 0. The van der Waals surface area contributed by atoms with Crippen LogP contribution in [-0.4, -0.2) is 37.0 Å². The van der Waals surface area contributed by atoms with Gasteiger partial charge in [-0.05, 0) is 24.3 Å². The van der Waals surface area contributed by atoms with Crippen LogP contribution >= 0.6 is 11.6 Å². The fraction of sp³-hybridized carbons (Fsp3) is 0.231. The Morgan fingerprint density at radius 2 is 1.95 bits per heavy atom. The Balaban J connectivity index is 2.61. The lowest BCUT2D eigenvalue weighted by Crippen LogP contribution is -2.14. The third-order valence-corrected chi connectivity index (χ3v) is 3.04. The SMILES string of the molecule is COC(=O)c1c(N(C)C)nn(-c2ccc(Cl)cc2)c1N. The molecular weight excluding hydrogens is 280 g/mol. The lowest BCUT2D eigenvalue weighted by atomic mass is 10.3. The second-order valence-electron chi connectivity index (χ2n) is 4.36. The van der Waals surface area contributed by atoms with E-state index in [2.05, 4.69) is 5.10 Å². The van der Waals surface area contributed by atoms with Crippen molar-refractivity contribution in [1.29, 1.82) is 0 Å². The standard InChI is InChI=1S/C13H15ClN4O2/c1-17(2)12-10(13(19)20-3)11(15)18(16-12)9-6-4-8(14)5-7-9/h4-7H,15H2,1-3H3. The molecular formula is C13H15ClN4O2. The van der Waals surface area contributed by atoms with Crippen molar-refractivity contribution in [2.24, 2.45) is 0 Å². The summed E-state index contributed by atoms with van der Waals surface area (Å²) in [5.74, 6) is 0.151. The summed E-state index contributed by atoms with van der Waals surface area (Å²) in [6.07, 6.45) is 0. The number of benzene rings is 1. The van der Waals surface area contributed by atoms with Crippen LogP contribution in [-0.2, 0) is 4.74 Å². The van der Waals surface area contributed by atoms with E-state index >= 15 is 0 Å². The highest BCUT2D eigenvalue weighted by Crippen LogP contribution is 2.27. The van der Waals surface area contributed by atoms with E-state index in [4.69, 9.17) is 22.1 Å². The molecule has 1 aromatic heterocycles. The maximum Gasteiger partial charge on any atom is 0.345 e. The van der Waals surface area contributed by atoms with E-state index in [1.807, 2.05) is 0 Å². The van der Waals surface area contributed by atoms with Crippen molar-refractivity contribution in [3.05, 3.63) is 34.9 Å². The molecule has 20 heavy (non-hydrogen) atoms. The molecule has 2 rings (SSSR count). The van der Waals surface area contributed by atoms with E-state index in [0.29, 0.717) is 16.5 Å². The number of nitrogens with two attached hydrogens (primary N) is 1. The van der Waals surface area contributed by atoms with Gasteiger partial charge >= 0.3 is 5.97 Å². The Labute approximate surface area is 121 Å². The van der Waals surface area contributed by atoms with Gasteiger partial charge in [-0.15, -0.1) is 5.10 Å². The average molecular weight is 295 g/mol. The number of carbonyl (C=O) groups excluding carboxylic acids is 1.